The van der Waals surface area contributed by atoms with Crippen LogP contribution in [0.15, 0.2) is 36.4 Å². The van der Waals surface area contributed by atoms with Crippen LogP contribution in [0.5, 0.6) is 23.0 Å². The molecule has 3 N–H and O–H groups in total. The maximum Gasteiger partial charge on any atom is 0.231 e. The van der Waals surface area contributed by atoms with Gasteiger partial charge in [-0.1, -0.05) is 0 Å². The van der Waals surface area contributed by atoms with E-state index < -0.39 is 0 Å². The molecule has 2 heterocycles. The zero-order valence-corrected chi connectivity index (χ0v) is 15.1. The summed E-state index contributed by atoms with van der Waals surface area (Å²) < 4.78 is 16.0. The summed E-state index contributed by atoms with van der Waals surface area (Å²) in [5.41, 5.74) is 2.28. The zero-order chi connectivity index (χ0) is 17.9. The number of aromatic hydroxyl groups is 1. The second-order valence-corrected chi connectivity index (χ2v) is 7.04. The Kier molecular flexibility index (Phi) is 4.86. The molecular weight excluding hydrogens is 332 g/mol. The molecule has 0 spiro atoms. The molecule has 1 saturated heterocycles. The number of nitrogens with one attached hydrogen (secondary N) is 2. The summed E-state index contributed by atoms with van der Waals surface area (Å²) in [5, 5.41) is 10.2. The number of benzene rings is 2. The van der Waals surface area contributed by atoms with Crippen molar-refractivity contribution >= 4 is 0 Å². The first kappa shape index (κ1) is 17.0. The molecule has 2 aliphatic rings. The van der Waals surface area contributed by atoms with Crippen LogP contribution < -0.4 is 24.0 Å². The number of rotatable bonds is 5. The van der Waals surface area contributed by atoms with Crippen LogP contribution in [0, 0.1) is 0 Å². The molecule has 2 aliphatic heterocycles. The normalized spacial score (nSPS) is 21.6. The summed E-state index contributed by atoms with van der Waals surface area (Å²) in [7, 11) is 1.69. The lowest BCUT2D eigenvalue weighted by Crippen LogP contribution is -3.27. The Labute approximate surface area is 153 Å². The van der Waals surface area contributed by atoms with Crippen molar-refractivity contribution in [1.82, 2.24) is 0 Å². The van der Waals surface area contributed by atoms with Crippen LogP contribution in [-0.4, -0.2) is 45.2 Å². The molecule has 2 aromatic rings. The molecular formula is C20H26N2O4+2. The number of ether oxygens (including phenoxy) is 3. The lowest BCUT2D eigenvalue weighted by Gasteiger charge is -2.30. The quantitative estimate of drug-likeness (QED) is 0.682. The van der Waals surface area contributed by atoms with E-state index in [9.17, 15) is 5.11 Å². The summed E-state index contributed by atoms with van der Waals surface area (Å²) in [6.07, 6.45) is 0. The van der Waals surface area contributed by atoms with E-state index in [0.29, 0.717) is 11.5 Å². The molecule has 0 aromatic heterocycles. The van der Waals surface area contributed by atoms with Gasteiger partial charge in [0.1, 0.15) is 50.8 Å². The average Bonchev–Trinajstić information content (AvgIpc) is 3.11. The standard InChI is InChI=1S/C20H24N2O4/c1-24-17-4-2-15(3-5-17)12-21-6-8-22(9-7-21)13-16-10-19-20(11-18(16)23)26-14-25-19/h2-5,10-11,23H,6-9,12-14H2,1H3/p+2. The SMILES string of the molecule is COc1ccc(C[NH+]2CC[NH+](Cc3cc4c(cc3O)OCO4)CC2)cc1. The maximum atomic E-state index is 10.2. The summed E-state index contributed by atoms with van der Waals surface area (Å²) in [6, 6.07) is 11.9. The van der Waals surface area contributed by atoms with Gasteiger partial charge >= 0.3 is 0 Å². The van der Waals surface area contributed by atoms with Gasteiger partial charge in [-0.15, -0.1) is 0 Å². The molecule has 0 saturated carbocycles. The average molecular weight is 358 g/mol. The Morgan fingerprint density at radius 1 is 0.923 bits per heavy atom. The largest absolute Gasteiger partial charge is 0.507 e. The third-order valence-electron chi connectivity index (χ3n) is 5.29. The van der Waals surface area contributed by atoms with E-state index in [1.165, 1.54) is 10.5 Å². The molecule has 6 heteroatoms. The topological polar surface area (TPSA) is 56.8 Å². The zero-order valence-electron chi connectivity index (χ0n) is 15.1. The van der Waals surface area contributed by atoms with Crippen LogP contribution in [0.25, 0.3) is 0 Å². The first-order valence-electron chi connectivity index (χ1n) is 9.13. The highest BCUT2D eigenvalue weighted by Crippen LogP contribution is 2.37. The molecule has 1 fully saturated rings. The van der Waals surface area contributed by atoms with Gasteiger partial charge in [-0.25, -0.2) is 0 Å². The minimum absolute atomic E-state index is 0.235. The summed E-state index contributed by atoms with van der Waals surface area (Å²) in [4.78, 5) is 3.10. The van der Waals surface area contributed by atoms with E-state index >= 15 is 0 Å². The third-order valence-corrected chi connectivity index (χ3v) is 5.29. The molecule has 0 aliphatic carbocycles. The van der Waals surface area contributed by atoms with Gasteiger partial charge in [0.05, 0.1) is 12.7 Å². The number of quaternary nitrogens is 2. The van der Waals surface area contributed by atoms with Crippen LogP contribution in [0.2, 0.25) is 0 Å². The predicted molar refractivity (Wildman–Crippen MR) is 96.0 cm³/mol. The van der Waals surface area contributed by atoms with E-state index in [1.54, 1.807) is 18.1 Å². The monoisotopic (exact) mass is 358 g/mol. The van der Waals surface area contributed by atoms with Gasteiger partial charge in [0.2, 0.25) is 6.79 Å². The summed E-state index contributed by atoms with van der Waals surface area (Å²) in [6.45, 7) is 6.56. The second kappa shape index (κ2) is 7.43. The van der Waals surface area contributed by atoms with Crippen molar-refractivity contribution in [2.24, 2.45) is 0 Å². The minimum atomic E-state index is 0.235. The second-order valence-electron chi connectivity index (χ2n) is 7.04. The van der Waals surface area contributed by atoms with Crippen LogP contribution in [-0.2, 0) is 13.1 Å². The molecule has 0 bridgehead atoms. The van der Waals surface area contributed by atoms with Crippen molar-refractivity contribution in [1.29, 1.82) is 0 Å². The van der Waals surface area contributed by atoms with E-state index in [1.807, 2.05) is 18.2 Å². The molecule has 26 heavy (non-hydrogen) atoms. The van der Waals surface area contributed by atoms with Crippen molar-refractivity contribution in [3.8, 4) is 23.0 Å². The van der Waals surface area contributed by atoms with Crippen molar-refractivity contribution < 1.29 is 29.1 Å². The lowest BCUT2D eigenvalue weighted by atomic mass is 10.1. The van der Waals surface area contributed by atoms with E-state index in [2.05, 4.69) is 12.1 Å². The fraction of sp³-hybridized carbons (Fsp3) is 0.400. The van der Waals surface area contributed by atoms with Crippen LogP contribution in [0.3, 0.4) is 0 Å². The van der Waals surface area contributed by atoms with E-state index in [4.69, 9.17) is 14.2 Å². The van der Waals surface area contributed by atoms with E-state index in [0.717, 1.165) is 56.3 Å². The van der Waals surface area contributed by atoms with Crippen LogP contribution in [0.1, 0.15) is 11.1 Å². The Balaban J connectivity index is 1.31. The predicted octanol–water partition coefficient (Wildman–Crippen LogP) is -0.387. The molecule has 0 unspecified atom stereocenters. The first-order valence-corrected chi connectivity index (χ1v) is 9.13. The highest BCUT2D eigenvalue weighted by Gasteiger charge is 2.25. The van der Waals surface area contributed by atoms with Gasteiger partial charge in [-0.05, 0) is 30.3 Å². The Morgan fingerprint density at radius 3 is 2.19 bits per heavy atom. The van der Waals surface area contributed by atoms with Crippen molar-refractivity contribution in [2.75, 3.05) is 40.1 Å². The molecule has 0 radical (unpaired) electrons. The smallest absolute Gasteiger partial charge is 0.231 e. The highest BCUT2D eigenvalue weighted by atomic mass is 16.7. The minimum Gasteiger partial charge on any atom is -0.507 e. The molecule has 4 rings (SSSR count). The fourth-order valence-electron chi connectivity index (χ4n) is 3.73. The number of hydrogen-bond donors (Lipinski definition) is 3. The summed E-state index contributed by atoms with van der Waals surface area (Å²) >= 11 is 0. The number of methoxy groups -OCH3 is 1. The van der Waals surface area contributed by atoms with Gasteiger partial charge in [0, 0.05) is 11.6 Å². The highest BCUT2D eigenvalue weighted by molar-refractivity contribution is 5.50. The maximum absolute atomic E-state index is 10.2. The Hall–Kier alpha value is -2.44. The van der Waals surface area contributed by atoms with Gasteiger partial charge in [-0.2, -0.15) is 0 Å². The molecule has 0 atom stereocenters. The van der Waals surface area contributed by atoms with Crippen molar-refractivity contribution in [3.05, 3.63) is 47.5 Å². The number of piperazine rings is 1. The molecule has 0 amide bonds. The van der Waals surface area contributed by atoms with Crippen LogP contribution >= 0.6 is 0 Å². The first-order chi connectivity index (χ1) is 12.7. The summed E-state index contributed by atoms with van der Waals surface area (Å²) in [5.74, 6) is 2.58. The lowest BCUT2D eigenvalue weighted by molar-refractivity contribution is -1.02. The number of phenolic OH excluding ortho intramolecular Hbond substituents is 1. The molecule has 138 valence electrons. The van der Waals surface area contributed by atoms with Gasteiger partial charge in [-0.3, -0.25) is 0 Å². The van der Waals surface area contributed by atoms with Crippen molar-refractivity contribution in [2.45, 2.75) is 13.1 Å². The Bertz CT molecular complexity index is 755. The number of fused-ring (bicyclic) bond motifs is 1. The van der Waals surface area contributed by atoms with E-state index in [-0.39, 0.29) is 6.79 Å². The molecule has 6 nitrogen and oxygen atoms in total. The molecule has 2 aromatic carbocycles. The van der Waals surface area contributed by atoms with Gasteiger partial charge in [0.25, 0.3) is 0 Å². The van der Waals surface area contributed by atoms with Crippen molar-refractivity contribution in [3.63, 3.8) is 0 Å². The fourth-order valence-corrected chi connectivity index (χ4v) is 3.73. The van der Waals surface area contributed by atoms with Gasteiger partial charge in [0.15, 0.2) is 11.5 Å². The van der Waals surface area contributed by atoms with Crippen LogP contribution in [0.4, 0.5) is 0 Å². The Morgan fingerprint density at radius 2 is 1.54 bits per heavy atom. The number of hydrogen-bond acceptors (Lipinski definition) is 4. The van der Waals surface area contributed by atoms with Gasteiger partial charge < -0.3 is 29.1 Å². The number of phenols is 1. The third kappa shape index (κ3) is 3.71.